The number of carbonyl (C=O) groups is 1. The number of hydrogen-bond acceptors (Lipinski definition) is 2. The van der Waals surface area contributed by atoms with E-state index in [-0.39, 0.29) is 12.4 Å². The molecule has 0 bridgehead atoms. The van der Waals surface area contributed by atoms with Gasteiger partial charge in [0.2, 0.25) is 5.91 Å². The van der Waals surface area contributed by atoms with E-state index >= 15 is 0 Å². The number of halogens is 1. The molecule has 1 aromatic carbocycles. The van der Waals surface area contributed by atoms with E-state index in [0.29, 0.717) is 18.4 Å². The molecule has 0 radical (unpaired) electrons. The van der Waals surface area contributed by atoms with Gasteiger partial charge in [-0.3, -0.25) is 4.79 Å². The highest BCUT2D eigenvalue weighted by atomic mass is 35.5. The highest BCUT2D eigenvalue weighted by Crippen LogP contribution is 2.19. The van der Waals surface area contributed by atoms with E-state index < -0.39 is 0 Å². The first-order valence-electron chi connectivity index (χ1n) is 8.71. The summed E-state index contributed by atoms with van der Waals surface area (Å²) in [4.78, 5) is 14.5. The smallest absolute Gasteiger partial charge is 0.222 e. The van der Waals surface area contributed by atoms with Crippen LogP contribution in [0.25, 0.3) is 0 Å². The predicted molar refractivity (Wildman–Crippen MR) is 99.1 cm³/mol. The number of amides is 1. The molecule has 1 aromatic rings. The Kier molecular flexibility index (Phi) is 9.27. The van der Waals surface area contributed by atoms with Gasteiger partial charge < -0.3 is 10.2 Å². The summed E-state index contributed by atoms with van der Waals surface area (Å²) in [7, 11) is 1.97. The van der Waals surface area contributed by atoms with Crippen molar-refractivity contribution in [1.29, 1.82) is 0 Å². The summed E-state index contributed by atoms with van der Waals surface area (Å²) in [5.74, 6) is 1.04. The maximum Gasteiger partial charge on any atom is 0.222 e. The number of carbonyl (C=O) groups excluding carboxylic acids is 1. The van der Waals surface area contributed by atoms with Gasteiger partial charge in [-0.2, -0.15) is 0 Å². The fraction of sp³-hybridized carbons (Fsp3) is 0.632. The van der Waals surface area contributed by atoms with Crippen molar-refractivity contribution < 1.29 is 4.79 Å². The van der Waals surface area contributed by atoms with Crippen LogP contribution in [-0.2, 0) is 11.2 Å². The molecule has 0 aromatic heterocycles. The van der Waals surface area contributed by atoms with Gasteiger partial charge in [0, 0.05) is 19.5 Å². The largest absolute Gasteiger partial charge is 0.342 e. The molecule has 23 heavy (non-hydrogen) atoms. The minimum atomic E-state index is 0. The van der Waals surface area contributed by atoms with Crippen LogP contribution in [-0.4, -0.2) is 37.0 Å². The Labute approximate surface area is 147 Å². The van der Waals surface area contributed by atoms with Gasteiger partial charge in [0.05, 0.1) is 0 Å². The molecule has 130 valence electrons. The van der Waals surface area contributed by atoms with Crippen molar-refractivity contribution in [2.75, 3.05) is 20.1 Å². The second kappa shape index (κ2) is 10.7. The van der Waals surface area contributed by atoms with Gasteiger partial charge in [0.15, 0.2) is 0 Å². The molecule has 1 unspecified atom stereocenters. The summed E-state index contributed by atoms with van der Waals surface area (Å²) in [5.41, 5.74) is 1.31. The quantitative estimate of drug-likeness (QED) is 0.822. The fourth-order valence-electron chi connectivity index (χ4n) is 3.32. The Morgan fingerprint density at radius 3 is 2.52 bits per heavy atom. The predicted octanol–water partition coefficient (Wildman–Crippen LogP) is 3.67. The highest BCUT2D eigenvalue weighted by Gasteiger charge is 2.20. The first kappa shape index (κ1) is 20.0. The number of benzene rings is 1. The van der Waals surface area contributed by atoms with Crippen molar-refractivity contribution in [3.05, 3.63) is 35.9 Å². The Morgan fingerprint density at radius 2 is 1.91 bits per heavy atom. The number of nitrogens with one attached hydrogen (secondary N) is 1. The first-order valence-corrected chi connectivity index (χ1v) is 8.71. The van der Waals surface area contributed by atoms with E-state index in [0.717, 1.165) is 38.3 Å². The molecule has 1 amide bonds. The van der Waals surface area contributed by atoms with Gasteiger partial charge in [-0.1, -0.05) is 37.3 Å². The molecule has 1 N–H and O–H groups in total. The van der Waals surface area contributed by atoms with Crippen molar-refractivity contribution in [3.63, 3.8) is 0 Å². The molecule has 3 nitrogen and oxygen atoms in total. The van der Waals surface area contributed by atoms with Gasteiger partial charge in [0.25, 0.3) is 0 Å². The van der Waals surface area contributed by atoms with Crippen LogP contribution >= 0.6 is 12.4 Å². The van der Waals surface area contributed by atoms with Crippen molar-refractivity contribution in [2.45, 2.75) is 51.5 Å². The molecule has 4 heteroatoms. The van der Waals surface area contributed by atoms with Crippen LogP contribution in [0.4, 0.5) is 0 Å². The van der Waals surface area contributed by atoms with Crippen LogP contribution in [0.1, 0.15) is 44.6 Å². The van der Waals surface area contributed by atoms with Gasteiger partial charge in [-0.05, 0) is 56.7 Å². The number of piperidine rings is 1. The number of likely N-dealkylation sites (N-methyl/N-ethyl adjacent to an activating group) is 1. The van der Waals surface area contributed by atoms with E-state index in [1.54, 1.807) is 0 Å². The molecule has 0 aliphatic carbocycles. The SMILES string of the molecule is CCC(Cc1ccccc1)N(C)C(=O)CCC1CCNCC1.Cl. The van der Waals surface area contributed by atoms with E-state index in [1.165, 1.54) is 18.4 Å². The summed E-state index contributed by atoms with van der Waals surface area (Å²) in [6.07, 6.45) is 6.15. The third kappa shape index (κ3) is 6.52. The van der Waals surface area contributed by atoms with Gasteiger partial charge in [0.1, 0.15) is 0 Å². The van der Waals surface area contributed by atoms with Gasteiger partial charge in [-0.25, -0.2) is 0 Å². The summed E-state index contributed by atoms with van der Waals surface area (Å²) < 4.78 is 0. The minimum absolute atomic E-state index is 0. The standard InChI is InChI=1S/C19H30N2O.ClH/c1-3-18(15-17-7-5-4-6-8-17)21(2)19(22)10-9-16-11-13-20-14-12-16;/h4-8,16,18,20H,3,9-15H2,1-2H3;1H. The number of hydrogen-bond donors (Lipinski definition) is 1. The van der Waals surface area contributed by atoms with Gasteiger partial charge >= 0.3 is 0 Å². The van der Waals surface area contributed by atoms with Crippen molar-refractivity contribution >= 4 is 18.3 Å². The highest BCUT2D eigenvalue weighted by molar-refractivity contribution is 5.85. The monoisotopic (exact) mass is 338 g/mol. The lowest BCUT2D eigenvalue weighted by atomic mass is 9.93. The van der Waals surface area contributed by atoms with Crippen molar-refractivity contribution in [2.24, 2.45) is 5.92 Å². The summed E-state index contributed by atoms with van der Waals surface area (Å²) >= 11 is 0. The fourth-order valence-corrected chi connectivity index (χ4v) is 3.32. The summed E-state index contributed by atoms with van der Waals surface area (Å²) in [6, 6.07) is 10.8. The van der Waals surface area contributed by atoms with Crippen LogP contribution in [0, 0.1) is 5.92 Å². The molecule has 1 aliphatic rings. The Balaban J connectivity index is 0.00000264. The molecule has 0 spiro atoms. The van der Waals surface area contributed by atoms with E-state index in [2.05, 4.69) is 36.5 Å². The molecular weight excluding hydrogens is 308 g/mol. The molecule has 1 atom stereocenters. The second-order valence-electron chi connectivity index (χ2n) is 6.49. The third-order valence-corrected chi connectivity index (χ3v) is 4.95. The molecule has 2 rings (SSSR count). The molecule has 1 saturated heterocycles. The Hall–Kier alpha value is -1.06. The Bertz CT molecular complexity index is 446. The van der Waals surface area contributed by atoms with Crippen LogP contribution in [0.3, 0.4) is 0 Å². The van der Waals surface area contributed by atoms with E-state index in [1.807, 2.05) is 18.0 Å². The lowest BCUT2D eigenvalue weighted by Gasteiger charge is -2.29. The summed E-state index contributed by atoms with van der Waals surface area (Å²) in [5, 5.41) is 3.38. The maximum absolute atomic E-state index is 12.5. The van der Waals surface area contributed by atoms with Crippen molar-refractivity contribution in [3.8, 4) is 0 Å². The van der Waals surface area contributed by atoms with E-state index in [9.17, 15) is 4.79 Å². The zero-order valence-electron chi connectivity index (χ0n) is 14.5. The van der Waals surface area contributed by atoms with Crippen LogP contribution in [0.5, 0.6) is 0 Å². The van der Waals surface area contributed by atoms with Gasteiger partial charge in [-0.15, -0.1) is 12.4 Å². The third-order valence-electron chi connectivity index (χ3n) is 4.95. The zero-order valence-corrected chi connectivity index (χ0v) is 15.3. The summed E-state index contributed by atoms with van der Waals surface area (Å²) in [6.45, 7) is 4.39. The average Bonchev–Trinajstić information content (AvgIpc) is 2.58. The average molecular weight is 339 g/mol. The lowest BCUT2D eigenvalue weighted by Crippen LogP contribution is -2.38. The minimum Gasteiger partial charge on any atom is -0.342 e. The zero-order chi connectivity index (χ0) is 15.8. The number of rotatable bonds is 7. The van der Waals surface area contributed by atoms with E-state index in [4.69, 9.17) is 0 Å². The van der Waals surface area contributed by atoms with Crippen LogP contribution in [0.15, 0.2) is 30.3 Å². The second-order valence-corrected chi connectivity index (χ2v) is 6.49. The van der Waals surface area contributed by atoms with Crippen LogP contribution < -0.4 is 5.32 Å². The molecule has 1 fully saturated rings. The molecule has 1 aliphatic heterocycles. The Morgan fingerprint density at radius 1 is 1.26 bits per heavy atom. The first-order chi connectivity index (χ1) is 10.7. The van der Waals surface area contributed by atoms with Crippen LogP contribution in [0.2, 0.25) is 0 Å². The topological polar surface area (TPSA) is 32.3 Å². The normalized spacial score (nSPS) is 16.4. The lowest BCUT2D eigenvalue weighted by molar-refractivity contribution is -0.132. The van der Waals surface area contributed by atoms with Crippen molar-refractivity contribution in [1.82, 2.24) is 10.2 Å². The molecule has 1 heterocycles. The molecular formula is C19H31ClN2O. The molecule has 0 saturated carbocycles. The maximum atomic E-state index is 12.5. The number of nitrogens with zero attached hydrogens (tertiary/aromatic N) is 1.